The van der Waals surface area contributed by atoms with Gasteiger partial charge in [-0.15, -0.1) is 0 Å². The largest absolute Gasteiger partial charge is 0.312 e. The minimum Gasteiger partial charge on any atom is -0.312 e. The van der Waals surface area contributed by atoms with Gasteiger partial charge in [0.1, 0.15) is 0 Å². The zero-order valence-electron chi connectivity index (χ0n) is 12.4. The van der Waals surface area contributed by atoms with Crippen LogP contribution in [0.1, 0.15) is 31.0 Å². The van der Waals surface area contributed by atoms with E-state index in [2.05, 4.69) is 59.4 Å². The van der Waals surface area contributed by atoms with Crippen molar-refractivity contribution in [3.63, 3.8) is 0 Å². The molecule has 0 saturated carbocycles. The van der Waals surface area contributed by atoms with E-state index in [-0.39, 0.29) is 0 Å². The molecule has 3 rings (SSSR count). The number of nitrogens with one attached hydrogen (secondary N) is 1. The summed E-state index contributed by atoms with van der Waals surface area (Å²) in [5.74, 6) is 0. The third kappa shape index (κ3) is 2.78. The van der Waals surface area contributed by atoms with Crippen molar-refractivity contribution in [2.45, 2.75) is 45.7 Å². The normalized spacial score (nSPS) is 18.6. The summed E-state index contributed by atoms with van der Waals surface area (Å²) in [6, 6.07) is 9.43. The van der Waals surface area contributed by atoms with Gasteiger partial charge in [0.05, 0.1) is 12.2 Å². The van der Waals surface area contributed by atoms with Gasteiger partial charge in [-0.05, 0) is 43.9 Å². The highest BCUT2D eigenvalue weighted by molar-refractivity contribution is 5.65. The van der Waals surface area contributed by atoms with Gasteiger partial charge in [0.15, 0.2) is 0 Å². The Kier molecular flexibility index (Phi) is 3.88. The van der Waals surface area contributed by atoms with Gasteiger partial charge < -0.3 is 5.32 Å². The van der Waals surface area contributed by atoms with Gasteiger partial charge in [-0.3, -0.25) is 4.68 Å². The Hall–Kier alpha value is -1.61. The first-order valence-electron chi connectivity index (χ1n) is 7.63. The fraction of sp³-hybridized carbons (Fsp3) is 0.471. The predicted octanol–water partition coefficient (Wildman–Crippen LogP) is 3.17. The van der Waals surface area contributed by atoms with Crippen LogP contribution in [0.4, 0.5) is 0 Å². The van der Waals surface area contributed by atoms with Crippen molar-refractivity contribution in [3.8, 4) is 11.1 Å². The van der Waals surface area contributed by atoms with Crippen LogP contribution < -0.4 is 5.32 Å². The average Bonchev–Trinajstić information content (AvgIpc) is 3.09. The molecule has 0 aliphatic carbocycles. The Morgan fingerprint density at radius 2 is 2.10 bits per heavy atom. The number of aryl methyl sites for hydroxylation is 2. The van der Waals surface area contributed by atoms with Crippen LogP contribution >= 0.6 is 0 Å². The van der Waals surface area contributed by atoms with E-state index in [9.17, 15) is 0 Å². The molecule has 3 nitrogen and oxygen atoms in total. The molecule has 1 fully saturated rings. The first kappa shape index (κ1) is 13.4. The molecule has 1 aromatic carbocycles. The average molecular weight is 269 g/mol. The Bertz CT molecular complexity index is 562. The summed E-state index contributed by atoms with van der Waals surface area (Å²) in [5.41, 5.74) is 5.03. The topological polar surface area (TPSA) is 29.9 Å². The number of hydrogen-bond acceptors (Lipinski definition) is 2. The second kappa shape index (κ2) is 5.80. The van der Waals surface area contributed by atoms with Crippen LogP contribution in [0.3, 0.4) is 0 Å². The summed E-state index contributed by atoms with van der Waals surface area (Å²) in [4.78, 5) is 0. The SMILES string of the molecule is CCc1ccc(-c2cn(CC3CCCN3)nc2C)cc1. The molecule has 0 spiro atoms. The van der Waals surface area contributed by atoms with Crippen LogP contribution in [0.15, 0.2) is 30.5 Å². The fourth-order valence-electron chi connectivity index (χ4n) is 2.95. The predicted molar refractivity (Wildman–Crippen MR) is 82.8 cm³/mol. The van der Waals surface area contributed by atoms with Crippen LogP contribution in [0.2, 0.25) is 0 Å². The lowest BCUT2D eigenvalue weighted by Gasteiger charge is -2.09. The summed E-state index contributed by atoms with van der Waals surface area (Å²) < 4.78 is 2.10. The molecule has 1 N–H and O–H groups in total. The van der Waals surface area contributed by atoms with Crippen molar-refractivity contribution in [3.05, 3.63) is 41.7 Å². The van der Waals surface area contributed by atoms with Crippen molar-refractivity contribution in [2.75, 3.05) is 6.54 Å². The molecule has 2 aromatic rings. The fourth-order valence-corrected chi connectivity index (χ4v) is 2.95. The van der Waals surface area contributed by atoms with Crippen molar-refractivity contribution < 1.29 is 0 Å². The van der Waals surface area contributed by atoms with Gasteiger partial charge in [-0.2, -0.15) is 5.10 Å². The summed E-state index contributed by atoms with van der Waals surface area (Å²) in [6.07, 6.45) is 5.83. The van der Waals surface area contributed by atoms with E-state index in [0.29, 0.717) is 6.04 Å². The molecule has 1 aliphatic heterocycles. The van der Waals surface area contributed by atoms with E-state index in [1.54, 1.807) is 0 Å². The lowest BCUT2D eigenvalue weighted by Crippen LogP contribution is -2.26. The minimum absolute atomic E-state index is 0.588. The number of hydrogen-bond donors (Lipinski definition) is 1. The molecule has 20 heavy (non-hydrogen) atoms. The molecule has 1 unspecified atom stereocenters. The number of nitrogens with zero attached hydrogens (tertiary/aromatic N) is 2. The molecule has 0 bridgehead atoms. The molecule has 1 saturated heterocycles. The van der Waals surface area contributed by atoms with Gasteiger partial charge in [0.2, 0.25) is 0 Å². The number of rotatable bonds is 4. The molecule has 1 aliphatic rings. The Morgan fingerprint density at radius 1 is 1.30 bits per heavy atom. The third-order valence-electron chi connectivity index (χ3n) is 4.19. The summed E-state index contributed by atoms with van der Waals surface area (Å²) in [7, 11) is 0. The maximum Gasteiger partial charge on any atom is 0.0672 e. The Labute approximate surface area is 121 Å². The zero-order chi connectivity index (χ0) is 13.9. The Balaban J connectivity index is 1.80. The van der Waals surface area contributed by atoms with Crippen molar-refractivity contribution in [2.24, 2.45) is 0 Å². The molecule has 106 valence electrons. The maximum atomic E-state index is 4.67. The molecular weight excluding hydrogens is 246 g/mol. The standard InChI is InChI=1S/C17H23N3/c1-3-14-6-8-15(9-7-14)17-12-20(19-13(17)2)11-16-5-4-10-18-16/h6-9,12,16,18H,3-5,10-11H2,1-2H3. The van der Waals surface area contributed by atoms with Crippen molar-refractivity contribution >= 4 is 0 Å². The van der Waals surface area contributed by atoms with Gasteiger partial charge in [-0.1, -0.05) is 31.2 Å². The maximum absolute atomic E-state index is 4.67. The van der Waals surface area contributed by atoms with Gasteiger partial charge in [-0.25, -0.2) is 0 Å². The molecule has 1 atom stereocenters. The van der Waals surface area contributed by atoms with E-state index in [0.717, 1.165) is 25.2 Å². The molecule has 0 radical (unpaired) electrons. The van der Waals surface area contributed by atoms with Crippen molar-refractivity contribution in [1.29, 1.82) is 0 Å². The molecule has 1 aromatic heterocycles. The molecular formula is C17H23N3. The van der Waals surface area contributed by atoms with E-state index < -0.39 is 0 Å². The first-order valence-corrected chi connectivity index (χ1v) is 7.63. The zero-order valence-corrected chi connectivity index (χ0v) is 12.4. The second-order valence-electron chi connectivity index (χ2n) is 5.69. The molecule has 2 heterocycles. The summed E-state index contributed by atoms with van der Waals surface area (Å²) in [6.45, 7) is 6.42. The van der Waals surface area contributed by atoms with E-state index in [4.69, 9.17) is 0 Å². The van der Waals surface area contributed by atoms with Gasteiger partial charge in [0.25, 0.3) is 0 Å². The van der Waals surface area contributed by atoms with Gasteiger partial charge in [0, 0.05) is 17.8 Å². The number of benzene rings is 1. The summed E-state index contributed by atoms with van der Waals surface area (Å²) in [5, 5.41) is 8.20. The molecule has 0 amide bonds. The van der Waals surface area contributed by atoms with E-state index in [1.165, 1.54) is 29.5 Å². The Morgan fingerprint density at radius 3 is 2.75 bits per heavy atom. The second-order valence-corrected chi connectivity index (χ2v) is 5.69. The lowest BCUT2D eigenvalue weighted by atomic mass is 10.0. The highest BCUT2D eigenvalue weighted by Crippen LogP contribution is 2.23. The van der Waals surface area contributed by atoms with Crippen LogP contribution in [-0.4, -0.2) is 22.4 Å². The lowest BCUT2D eigenvalue weighted by molar-refractivity contribution is 0.474. The minimum atomic E-state index is 0.588. The quantitative estimate of drug-likeness (QED) is 0.924. The highest BCUT2D eigenvalue weighted by atomic mass is 15.3. The van der Waals surface area contributed by atoms with Crippen molar-refractivity contribution in [1.82, 2.24) is 15.1 Å². The van der Waals surface area contributed by atoms with E-state index >= 15 is 0 Å². The van der Waals surface area contributed by atoms with Crippen LogP contribution in [-0.2, 0) is 13.0 Å². The summed E-state index contributed by atoms with van der Waals surface area (Å²) >= 11 is 0. The number of aromatic nitrogens is 2. The van der Waals surface area contributed by atoms with Crippen LogP contribution in [0.25, 0.3) is 11.1 Å². The van der Waals surface area contributed by atoms with Gasteiger partial charge >= 0.3 is 0 Å². The van der Waals surface area contributed by atoms with Crippen LogP contribution in [0, 0.1) is 6.92 Å². The molecule has 3 heteroatoms. The first-order chi connectivity index (χ1) is 9.76. The monoisotopic (exact) mass is 269 g/mol. The smallest absolute Gasteiger partial charge is 0.0672 e. The third-order valence-corrected chi connectivity index (χ3v) is 4.19. The highest BCUT2D eigenvalue weighted by Gasteiger charge is 2.16. The van der Waals surface area contributed by atoms with Crippen LogP contribution in [0.5, 0.6) is 0 Å². The van der Waals surface area contributed by atoms with E-state index in [1.807, 2.05) is 0 Å².